The van der Waals surface area contributed by atoms with Gasteiger partial charge in [-0.15, -0.1) is 0 Å². The number of hydrogen-bond donors (Lipinski definition) is 0. The van der Waals surface area contributed by atoms with Gasteiger partial charge in [0.1, 0.15) is 10.8 Å². The maximum Gasteiger partial charge on any atom is 0.143 e. The monoisotopic (exact) mass is 390 g/mol. The third kappa shape index (κ3) is 3.73. The molecule has 0 N–H and O–H groups in total. The molecule has 0 amide bonds. The zero-order chi connectivity index (χ0) is 19.7. The van der Waals surface area contributed by atoms with Gasteiger partial charge in [0.05, 0.1) is 17.6 Å². The molecule has 28 heavy (non-hydrogen) atoms. The Labute approximate surface area is 171 Å². The van der Waals surface area contributed by atoms with Crippen LogP contribution >= 0.6 is 11.8 Å². The summed E-state index contributed by atoms with van der Waals surface area (Å²) >= 11 is 1.70. The van der Waals surface area contributed by atoms with Gasteiger partial charge in [0.2, 0.25) is 0 Å². The number of fused-ring (bicyclic) bond motifs is 1. The SMILES string of the molecule is CC1(C)CC(=O)C2C(=NC(S[C@H]3C=CCCC3)=C(C#N)[C@H]2c2ccccc2)C1. The second-order valence-corrected chi connectivity index (χ2v) is 10.0. The van der Waals surface area contributed by atoms with Crippen LogP contribution in [0.3, 0.4) is 0 Å². The van der Waals surface area contributed by atoms with Gasteiger partial charge in [-0.3, -0.25) is 4.79 Å². The van der Waals surface area contributed by atoms with Gasteiger partial charge >= 0.3 is 0 Å². The molecule has 0 saturated heterocycles. The molecule has 3 nitrogen and oxygen atoms in total. The lowest BCUT2D eigenvalue weighted by Gasteiger charge is -2.40. The topological polar surface area (TPSA) is 53.2 Å². The van der Waals surface area contributed by atoms with E-state index < -0.39 is 0 Å². The molecule has 1 fully saturated rings. The van der Waals surface area contributed by atoms with Crippen LogP contribution in [0.4, 0.5) is 0 Å². The Bertz CT molecular complexity index is 904. The van der Waals surface area contributed by atoms with Gasteiger partial charge in [-0.05, 0) is 36.7 Å². The number of benzene rings is 1. The van der Waals surface area contributed by atoms with Crippen molar-refractivity contribution in [1.29, 1.82) is 5.26 Å². The molecule has 144 valence electrons. The fourth-order valence-corrected chi connectivity index (χ4v) is 5.89. The summed E-state index contributed by atoms with van der Waals surface area (Å²) in [6, 6.07) is 12.5. The van der Waals surface area contributed by atoms with E-state index in [2.05, 4.69) is 32.1 Å². The fourth-order valence-electron chi connectivity index (χ4n) is 4.66. The summed E-state index contributed by atoms with van der Waals surface area (Å²) in [7, 11) is 0. The first-order valence-electron chi connectivity index (χ1n) is 10.1. The van der Waals surface area contributed by atoms with Gasteiger partial charge in [0, 0.05) is 23.3 Å². The summed E-state index contributed by atoms with van der Waals surface area (Å²) in [5.74, 6) is -0.285. The van der Waals surface area contributed by atoms with Crippen molar-refractivity contribution < 1.29 is 4.79 Å². The van der Waals surface area contributed by atoms with Crippen molar-refractivity contribution in [3.05, 3.63) is 58.6 Å². The van der Waals surface area contributed by atoms with Crippen LogP contribution in [0.15, 0.2) is 58.1 Å². The summed E-state index contributed by atoms with van der Waals surface area (Å²) in [6.07, 6.45) is 9.26. The molecule has 1 heterocycles. The van der Waals surface area contributed by atoms with Crippen LogP contribution < -0.4 is 0 Å². The Balaban J connectivity index is 1.81. The fraction of sp³-hybridized carbons (Fsp3) is 0.458. The van der Waals surface area contributed by atoms with Crippen LogP contribution in [0.5, 0.6) is 0 Å². The smallest absolute Gasteiger partial charge is 0.143 e. The van der Waals surface area contributed by atoms with Gasteiger partial charge in [0.25, 0.3) is 0 Å². The van der Waals surface area contributed by atoms with Crippen LogP contribution in [-0.2, 0) is 4.79 Å². The van der Waals surface area contributed by atoms with Crippen LogP contribution in [0.25, 0.3) is 0 Å². The predicted molar refractivity (Wildman–Crippen MR) is 115 cm³/mol. The second kappa shape index (κ2) is 7.72. The highest BCUT2D eigenvalue weighted by Gasteiger charge is 2.46. The third-order valence-corrected chi connectivity index (χ3v) is 7.12. The Morgan fingerprint density at radius 3 is 2.64 bits per heavy atom. The lowest BCUT2D eigenvalue weighted by molar-refractivity contribution is -0.124. The molecule has 1 unspecified atom stereocenters. The van der Waals surface area contributed by atoms with Crippen molar-refractivity contribution in [2.45, 2.75) is 57.1 Å². The Morgan fingerprint density at radius 1 is 1.18 bits per heavy atom. The molecular formula is C24H26N2OS. The standard InChI is InChI=1S/C24H26N2OS/c1-24(2)13-19-22(20(27)14-24)21(16-9-5-3-6-10-16)18(15-25)23(26-19)28-17-11-7-4-8-12-17/h3,5-7,9-11,17,21-22H,4,8,12-14H2,1-2H3/t17-,21+,22?/m0/s1. The first kappa shape index (κ1) is 19.2. The van der Waals surface area contributed by atoms with Gasteiger partial charge < -0.3 is 0 Å². The molecule has 1 aromatic rings. The Morgan fingerprint density at radius 2 is 1.96 bits per heavy atom. The number of allylic oxidation sites excluding steroid dienone is 2. The first-order valence-corrected chi connectivity index (χ1v) is 11.0. The van der Waals surface area contributed by atoms with Gasteiger partial charge in [0.15, 0.2) is 0 Å². The van der Waals surface area contributed by atoms with Crippen molar-refractivity contribution in [1.82, 2.24) is 0 Å². The molecular weight excluding hydrogens is 364 g/mol. The van der Waals surface area contributed by atoms with E-state index in [0.29, 0.717) is 17.2 Å². The summed E-state index contributed by atoms with van der Waals surface area (Å²) in [6.45, 7) is 4.28. The highest BCUT2D eigenvalue weighted by atomic mass is 32.2. The van der Waals surface area contributed by atoms with Crippen molar-refractivity contribution in [3.8, 4) is 6.07 Å². The first-order chi connectivity index (χ1) is 13.5. The minimum Gasteiger partial charge on any atom is -0.299 e. The summed E-state index contributed by atoms with van der Waals surface area (Å²) < 4.78 is 0. The number of Topliss-reactive ketones (excluding diaryl/α,β-unsaturated/α-hetero) is 1. The van der Waals surface area contributed by atoms with Crippen LogP contribution in [0, 0.1) is 22.7 Å². The third-order valence-electron chi connectivity index (χ3n) is 5.89. The number of carbonyl (C=O) groups is 1. The average Bonchev–Trinajstić information content (AvgIpc) is 2.67. The maximum absolute atomic E-state index is 13.2. The molecule has 2 aliphatic carbocycles. The van der Waals surface area contributed by atoms with Gasteiger partial charge in [-0.25, -0.2) is 4.99 Å². The highest BCUT2D eigenvalue weighted by Crippen LogP contribution is 2.49. The normalized spacial score (nSPS) is 29.1. The zero-order valence-corrected chi connectivity index (χ0v) is 17.3. The van der Waals surface area contributed by atoms with Crippen LogP contribution in [0.2, 0.25) is 0 Å². The molecule has 0 bridgehead atoms. The number of hydrogen-bond acceptors (Lipinski definition) is 4. The van der Waals surface area contributed by atoms with Crippen molar-refractivity contribution in [2.24, 2.45) is 16.3 Å². The summed E-state index contributed by atoms with van der Waals surface area (Å²) in [4.78, 5) is 18.1. The Kier molecular flexibility index (Phi) is 5.29. The van der Waals surface area contributed by atoms with Gasteiger partial charge in [-0.2, -0.15) is 5.26 Å². The molecule has 1 saturated carbocycles. The van der Waals surface area contributed by atoms with E-state index in [1.807, 2.05) is 30.3 Å². The van der Waals surface area contributed by atoms with Crippen molar-refractivity contribution in [2.75, 3.05) is 0 Å². The van der Waals surface area contributed by atoms with Crippen LogP contribution in [-0.4, -0.2) is 16.7 Å². The van der Waals surface area contributed by atoms with Gasteiger partial charge in [-0.1, -0.05) is 68.1 Å². The van der Waals surface area contributed by atoms with E-state index in [1.165, 1.54) is 6.42 Å². The molecule has 4 rings (SSSR count). The molecule has 1 aromatic carbocycles. The minimum absolute atomic E-state index is 0.0711. The predicted octanol–water partition coefficient (Wildman–Crippen LogP) is 5.81. The number of carbonyl (C=O) groups excluding carboxylic acids is 1. The largest absolute Gasteiger partial charge is 0.299 e. The van der Waals surface area contributed by atoms with Crippen molar-refractivity contribution >= 4 is 23.3 Å². The number of rotatable bonds is 3. The number of thioether (sulfide) groups is 1. The zero-order valence-electron chi connectivity index (χ0n) is 16.5. The molecule has 3 atom stereocenters. The number of ketones is 1. The highest BCUT2D eigenvalue weighted by molar-refractivity contribution is 8.03. The van der Waals surface area contributed by atoms with E-state index in [0.717, 1.165) is 35.6 Å². The molecule has 0 radical (unpaired) electrons. The van der Waals surface area contributed by atoms with Crippen molar-refractivity contribution in [3.63, 3.8) is 0 Å². The minimum atomic E-state index is -0.295. The summed E-state index contributed by atoms with van der Waals surface area (Å²) in [5.41, 5.74) is 2.60. The maximum atomic E-state index is 13.2. The second-order valence-electron chi connectivity index (χ2n) is 8.80. The molecule has 4 heteroatoms. The van der Waals surface area contributed by atoms with E-state index in [4.69, 9.17) is 4.99 Å². The number of aliphatic imine (C=N–C) groups is 1. The van der Waals surface area contributed by atoms with E-state index in [9.17, 15) is 10.1 Å². The quantitative estimate of drug-likeness (QED) is 0.612. The van der Waals surface area contributed by atoms with Crippen LogP contribution in [0.1, 0.15) is 57.4 Å². The lowest BCUT2D eigenvalue weighted by atomic mass is 9.64. The molecule has 0 aromatic heterocycles. The number of nitriles is 1. The summed E-state index contributed by atoms with van der Waals surface area (Å²) in [5, 5.41) is 11.3. The van der Waals surface area contributed by atoms with E-state index in [-0.39, 0.29) is 23.0 Å². The lowest BCUT2D eigenvalue weighted by Crippen LogP contribution is -2.43. The Hall–Kier alpha value is -2.12. The average molecular weight is 391 g/mol. The number of nitrogens with zero attached hydrogens (tertiary/aromatic N) is 2. The van der Waals surface area contributed by atoms with E-state index in [1.54, 1.807) is 11.8 Å². The molecule has 1 aliphatic heterocycles. The van der Waals surface area contributed by atoms with E-state index >= 15 is 0 Å². The molecule has 0 spiro atoms. The molecule has 3 aliphatic rings.